The number of aryl methyl sites for hydroxylation is 2. The number of carbonyl (C=O) groups excluding carboxylic acids is 3. The van der Waals surface area contributed by atoms with Crippen LogP contribution >= 0.6 is 0 Å². The molecule has 2 unspecified atom stereocenters. The maximum atomic E-state index is 14.6. The fourth-order valence-electron chi connectivity index (χ4n) is 4.85. The molecule has 0 heterocycles. The van der Waals surface area contributed by atoms with E-state index in [0.717, 1.165) is 18.4 Å². The van der Waals surface area contributed by atoms with Crippen LogP contribution in [0.3, 0.4) is 0 Å². The predicted molar refractivity (Wildman–Crippen MR) is 172 cm³/mol. The van der Waals surface area contributed by atoms with Gasteiger partial charge >= 0.3 is 6.09 Å². The van der Waals surface area contributed by atoms with E-state index in [-0.39, 0.29) is 24.5 Å². The molecule has 0 aliphatic rings. The molecule has 44 heavy (non-hydrogen) atoms. The van der Waals surface area contributed by atoms with E-state index in [1.54, 1.807) is 58.0 Å². The summed E-state index contributed by atoms with van der Waals surface area (Å²) in [5, 5.41) is 25.8. The molecule has 0 aromatic heterocycles. The lowest BCUT2D eigenvalue weighted by Crippen LogP contribution is -2.53. The van der Waals surface area contributed by atoms with Crippen molar-refractivity contribution in [2.45, 2.75) is 84.9 Å². The van der Waals surface area contributed by atoms with Crippen LogP contribution in [0.4, 0.5) is 10.5 Å². The summed E-state index contributed by atoms with van der Waals surface area (Å²) in [5.74, 6) is -0.730. The molecule has 3 amide bonds. The second-order valence-electron chi connectivity index (χ2n) is 12.1. The van der Waals surface area contributed by atoms with Gasteiger partial charge in [-0.25, -0.2) is 4.79 Å². The Morgan fingerprint density at radius 2 is 1.59 bits per heavy atom. The summed E-state index contributed by atoms with van der Waals surface area (Å²) >= 11 is 0. The topological polar surface area (TPSA) is 128 Å². The highest BCUT2D eigenvalue weighted by molar-refractivity contribution is 5.99. The Kier molecular flexibility index (Phi) is 11.8. The Bertz CT molecular complexity index is 1430. The average Bonchev–Trinajstić information content (AvgIpc) is 2.95. The van der Waals surface area contributed by atoms with Crippen LogP contribution in [0.2, 0.25) is 0 Å². The largest absolute Gasteiger partial charge is 0.508 e. The summed E-state index contributed by atoms with van der Waals surface area (Å²) in [5.41, 5.74) is 2.47. The van der Waals surface area contributed by atoms with E-state index in [9.17, 15) is 24.6 Å². The lowest BCUT2D eigenvalue weighted by Gasteiger charge is -2.35. The summed E-state index contributed by atoms with van der Waals surface area (Å²) in [7, 11) is 0. The average molecular weight is 604 g/mol. The zero-order valence-electron chi connectivity index (χ0n) is 26.5. The van der Waals surface area contributed by atoms with Gasteiger partial charge in [-0.15, -0.1) is 0 Å². The second kappa shape index (κ2) is 15.3. The summed E-state index contributed by atoms with van der Waals surface area (Å²) in [6.45, 7) is 11.1. The number of benzene rings is 3. The van der Waals surface area contributed by atoms with E-state index >= 15 is 0 Å². The molecule has 0 saturated heterocycles. The first kappa shape index (κ1) is 34.0. The van der Waals surface area contributed by atoms with E-state index in [1.807, 2.05) is 25.1 Å². The van der Waals surface area contributed by atoms with E-state index in [4.69, 9.17) is 4.74 Å². The monoisotopic (exact) mass is 603 g/mol. The highest BCUT2D eigenvalue weighted by atomic mass is 16.6. The van der Waals surface area contributed by atoms with Crippen molar-refractivity contribution in [1.82, 2.24) is 10.2 Å². The Labute approximate surface area is 260 Å². The zero-order valence-corrected chi connectivity index (χ0v) is 26.5. The number of hydrogen-bond donors (Lipinski definition) is 4. The van der Waals surface area contributed by atoms with Gasteiger partial charge in [-0.05, 0) is 93.6 Å². The SMILES string of the molecule is CCCCCN(C(=O)C(Cc1ccc(O)cc1)NC(=O)OC(C)(C)C)C(C(=O)Nc1ccccc1C)c1ccc(O)c(C)c1. The number of amides is 3. The van der Waals surface area contributed by atoms with E-state index < -0.39 is 35.6 Å². The zero-order chi connectivity index (χ0) is 32.4. The Balaban J connectivity index is 2.10. The molecule has 0 radical (unpaired) electrons. The van der Waals surface area contributed by atoms with Crippen LogP contribution in [0.15, 0.2) is 66.7 Å². The summed E-state index contributed by atoms with van der Waals surface area (Å²) in [6.07, 6.45) is 1.69. The Hall–Kier alpha value is -4.53. The quantitative estimate of drug-likeness (QED) is 0.174. The number of carbonyl (C=O) groups is 3. The lowest BCUT2D eigenvalue weighted by atomic mass is 9.98. The highest BCUT2D eigenvalue weighted by Gasteiger charge is 2.36. The maximum absolute atomic E-state index is 14.6. The van der Waals surface area contributed by atoms with Crippen molar-refractivity contribution in [2.24, 2.45) is 0 Å². The van der Waals surface area contributed by atoms with Gasteiger partial charge in [-0.1, -0.05) is 56.2 Å². The summed E-state index contributed by atoms with van der Waals surface area (Å²) in [4.78, 5) is 43.2. The molecule has 0 aliphatic heterocycles. The van der Waals surface area contributed by atoms with Gasteiger partial charge in [0.25, 0.3) is 5.91 Å². The molecule has 9 nitrogen and oxygen atoms in total. The van der Waals surface area contributed by atoms with Crippen LogP contribution in [0, 0.1) is 13.8 Å². The number of aromatic hydroxyl groups is 2. The van der Waals surface area contributed by atoms with Gasteiger partial charge in [0, 0.05) is 18.7 Å². The first-order valence-electron chi connectivity index (χ1n) is 15.0. The number of rotatable bonds is 12. The number of nitrogens with zero attached hydrogens (tertiary/aromatic N) is 1. The van der Waals surface area contributed by atoms with Gasteiger partial charge in [-0.2, -0.15) is 0 Å². The third-order valence-electron chi connectivity index (χ3n) is 7.15. The number of ether oxygens (including phenoxy) is 1. The number of hydrogen-bond acceptors (Lipinski definition) is 6. The number of para-hydroxylation sites is 1. The summed E-state index contributed by atoms with van der Waals surface area (Å²) in [6, 6.07) is 16.5. The smallest absolute Gasteiger partial charge is 0.408 e. The predicted octanol–water partition coefficient (Wildman–Crippen LogP) is 6.55. The van der Waals surface area contributed by atoms with Crippen molar-refractivity contribution < 1.29 is 29.3 Å². The van der Waals surface area contributed by atoms with Crippen LogP contribution < -0.4 is 10.6 Å². The minimum absolute atomic E-state index is 0.0764. The fraction of sp³-hybridized carbons (Fsp3) is 0.400. The molecule has 0 fully saturated rings. The number of unbranched alkanes of at least 4 members (excludes halogenated alkanes) is 2. The molecule has 4 N–H and O–H groups in total. The van der Waals surface area contributed by atoms with Crippen molar-refractivity contribution in [3.63, 3.8) is 0 Å². The summed E-state index contributed by atoms with van der Waals surface area (Å²) < 4.78 is 5.50. The standard InChI is InChI=1S/C35H45N3O6/c1-7-8-11-20-38(33(42)29(37-34(43)44-35(4,5)6)22-25-14-17-27(39)18-15-25)31(26-16-19-30(40)24(3)21-26)32(41)36-28-13-10-9-12-23(28)2/h9-10,12-19,21,29,31,39-40H,7-8,11,20,22H2,1-6H3,(H,36,41)(H,37,43). The van der Waals surface area contributed by atoms with Crippen LogP contribution in [0.1, 0.15) is 75.3 Å². The number of anilines is 1. The molecule has 3 aromatic rings. The van der Waals surface area contributed by atoms with Gasteiger partial charge in [0.1, 0.15) is 29.2 Å². The molecular weight excluding hydrogens is 558 g/mol. The minimum Gasteiger partial charge on any atom is -0.508 e. The van der Waals surface area contributed by atoms with E-state index in [1.165, 1.54) is 23.1 Å². The highest BCUT2D eigenvalue weighted by Crippen LogP contribution is 2.29. The van der Waals surface area contributed by atoms with Crippen molar-refractivity contribution >= 4 is 23.6 Å². The lowest BCUT2D eigenvalue weighted by molar-refractivity contribution is -0.140. The molecular formula is C35H45N3O6. The number of phenols is 2. The molecule has 3 rings (SSSR count). The van der Waals surface area contributed by atoms with Gasteiger partial charge in [-0.3, -0.25) is 9.59 Å². The molecule has 0 bridgehead atoms. The molecule has 2 atom stereocenters. The van der Waals surface area contributed by atoms with Crippen LogP contribution in [-0.2, 0) is 20.7 Å². The molecule has 3 aromatic carbocycles. The van der Waals surface area contributed by atoms with Gasteiger partial charge in [0.15, 0.2) is 0 Å². The van der Waals surface area contributed by atoms with Gasteiger partial charge < -0.3 is 30.5 Å². The first-order chi connectivity index (χ1) is 20.8. The molecule has 9 heteroatoms. The molecule has 236 valence electrons. The Morgan fingerprint density at radius 3 is 2.20 bits per heavy atom. The van der Waals surface area contributed by atoms with Crippen molar-refractivity contribution in [2.75, 3.05) is 11.9 Å². The van der Waals surface area contributed by atoms with E-state index in [0.29, 0.717) is 28.8 Å². The van der Waals surface area contributed by atoms with E-state index in [2.05, 4.69) is 17.6 Å². The van der Waals surface area contributed by atoms with Crippen LogP contribution in [0.5, 0.6) is 11.5 Å². The van der Waals surface area contributed by atoms with Crippen molar-refractivity contribution in [3.8, 4) is 11.5 Å². The number of alkyl carbamates (subject to hydrolysis) is 1. The van der Waals surface area contributed by atoms with Crippen molar-refractivity contribution in [1.29, 1.82) is 0 Å². The number of phenolic OH excluding ortho intramolecular Hbond substituents is 2. The molecule has 0 aliphatic carbocycles. The third-order valence-corrected chi connectivity index (χ3v) is 7.15. The fourth-order valence-corrected chi connectivity index (χ4v) is 4.85. The first-order valence-corrected chi connectivity index (χ1v) is 15.0. The van der Waals surface area contributed by atoms with Crippen LogP contribution in [-0.4, -0.2) is 51.2 Å². The molecule has 0 saturated carbocycles. The minimum atomic E-state index is -1.08. The molecule has 0 spiro atoms. The van der Waals surface area contributed by atoms with Crippen LogP contribution in [0.25, 0.3) is 0 Å². The van der Waals surface area contributed by atoms with Gasteiger partial charge in [0.2, 0.25) is 5.91 Å². The van der Waals surface area contributed by atoms with Gasteiger partial charge in [0.05, 0.1) is 0 Å². The normalized spacial score (nSPS) is 12.6. The third kappa shape index (κ3) is 9.76. The number of nitrogens with one attached hydrogen (secondary N) is 2. The Morgan fingerprint density at radius 1 is 0.909 bits per heavy atom. The van der Waals surface area contributed by atoms with Crippen molar-refractivity contribution in [3.05, 3.63) is 89.0 Å². The maximum Gasteiger partial charge on any atom is 0.408 e. The second-order valence-corrected chi connectivity index (χ2v) is 12.1.